The van der Waals surface area contributed by atoms with E-state index >= 15 is 0 Å². The van der Waals surface area contributed by atoms with Gasteiger partial charge in [0.15, 0.2) is 0 Å². The Balaban J connectivity index is 2.46. The summed E-state index contributed by atoms with van der Waals surface area (Å²) < 4.78 is 0. The largest absolute Gasteiger partial charge is 0.321 e. The van der Waals surface area contributed by atoms with Crippen molar-refractivity contribution in [3.8, 4) is 16.6 Å². The van der Waals surface area contributed by atoms with Crippen LogP contribution in [0.3, 0.4) is 0 Å². The summed E-state index contributed by atoms with van der Waals surface area (Å²) in [5, 5.41) is 16.3. The Morgan fingerprint density at radius 3 is 2.86 bits per heavy atom. The van der Waals surface area contributed by atoms with Crippen LogP contribution in [-0.2, 0) is 4.79 Å². The van der Waals surface area contributed by atoms with Crippen LogP contribution in [0, 0.1) is 11.3 Å². The predicted octanol–water partition coefficient (Wildman–Crippen LogP) is -0.956. The molecule has 10 nitrogen and oxygen atoms in total. The number of aromatic nitrogens is 2. The quantitative estimate of drug-likeness (QED) is 0.205. The molecule has 0 aliphatic carbocycles. The minimum Gasteiger partial charge on any atom is -0.321 e. The molecule has 0 aliphatic heterocycles. The highest BCUT2D eigenvalue weighted by atomic mass is 32.1. The third-order valence-corrected chi connectivity index (χ3v) is 3.38. The lowest BCUT2D eigenvalue weighted by Gasteiger charge is -2.07. The van der Waals surface area contributed by atoms with Crippen molar-refractivity contribution >= 4 is 29.0 Å². The van der Waals surface area contributed by atoms with Crippen LogP contribution in [0.25, 0.3) is 10.6 Å². The van der Waals surface area contributed by atoms with Gasteiger partial charge in [0, 0.05) is 0 Å². The van der Waals surface area contributed by atoms with Gasteiger partial charge in [0.2, 0.25) is 11.8 Å². The van der Waals surface area contributed by atoms with Gasteiger partial charge in [0.1, 0.15) is 17.3 Å². The third kappa shape index (κ3) is 2.92. The number of hydrazone groups is 1. The molecule has 1 amide bonds. The Kier molecular flexibility index (Phi) is 4.47. The number of hydrogen-bond acceptors (Lipinski definition) is 8. The lowest BCUT2D eigenvalue weighted by molar-refractivity contribution is -0.110. The zero-order valence-electron chi connectivity index (χ0n) is 11.0. The smallest absolute Gasteiger partial charge is 0.296 e. The molecule has 0 atom stereocenters. The van der Waals surface area contributed by atoms with Crippen LogP contribution < -0.4 is 28.0 Å². The van der Waals surface area contributed by atoms with Crippen molar-refractivity contribution in [1.82, 2.24) is 15.4 Å². The Morgan fingerprint density at radius 2 is 2.32 bits per heavy atom. The summed E-state index contributed by atoms with van der Waals surface area (Å²) in [5.74, 6) is 8.72. The number of thiophene rings is 1. The predicted molar refractivity (Wildman–Crippen MR) is 80.5 cm³/mol. The van der Waals surface area contributed by atoms with E-state index in [1.807, 2.05) is 5.43 Å². The number of hydrogen-bond donors (Lipinski definition) is 5. The number of amidine groups is 1. The highest BCUT2D eigenvalue weighted by molar-refractivity contribution is 7.13. The minimum atomic E-state index is -0.796. The number of nitrogens with zero attached hydrogens (tertiary/aromatic N) is 3. The van der Waals surface area contributed by atoms with E-state index in [0.29, 0.717) is 4.88 Å². The Hall–Kier alpha value is -3.23. The molecule has 0 spiro atoms. The maximum absolute atomic E-state index is 11.9. The first kappa shape index (κ1) is 15.2. The van der Waals surface area contributed by atoms with Crippen LogP contribution in [0.15, 0.2) is 27.4 Å². The van der Waals surface area contributed by atoms with Crippen molar-refractivity contribution in [3.63, 3.8) is 0 Å². The van der Waals surface area contributed by atoms with Gasteiger partial charge in [-0.15, -0.1) is 11.3 Å². The number of amides is 1. The number of carbonyl (C=O) groups is 1. The monoisotopic (exact) mass is 318 g/mol. The first-order valence-electron chi connectivity index (χ1n) is 5.74. The molecule has 112 valence electrons. The summed E-state index contributed by atoms with van der Waals surface area (Å²) in [6.07, 6.45) is 0. The van der Waals surface area contributed by atoms with Gasteiger partial charge in [0.25, 0.3) is 11.5 Å². The molecule has 0 unspecified atom stereocenters. The number of nitriles is 1. The molecule has 0 saturated carbocycles. The minimum absolute atomic E-state index is 0.148. The van der Waals surface area contributed by atoms with Gasteiger partial charge in [0.05, 0.1) is 4.88 Å². The number of carbonyl (C=O) groups excluding carboxylic acids is 1. The molecule has 7 N–H and O–H groups in total. The van der Waals surface area contributed by atoms with Crippen LogP contribution in [-0.4, -0.2) is 21.7 Å². The van der Waals surface area contributed by atoms with Crippen molar-refractivity contribution in [3.05, 3.63) is 33.4 Å². The molecule has 22 heavy (non-hydrogen) atoms. The number of nitrogens with two attached hydrogens (primary N) is 2. The van der Waals surface area contributed by atoms with E-state index in [0.717, 1.165) is 0 Å². The van der Waals surface area contributed by atoms with Gasteiger partial charge in [-0.25, -0.2) is 10.8 Å². The molecule has 2 heterocycles. The van der Waals surface area contributed by atoms with Crippen molar-refractivity contribution in [2.75, 3.05) is 5.32 Å². The van der Waals surface area contributed by atoms with Gasteiger partial charge in [-0.3, -0.25) is 19.9 Å². The number of rotatable bonds is 2. The summed E-state index contributed by atoms with van der Waals surface area (Å²) >= 11 is 1.30. The molecule has 0 aliphatic rings. The van der Waals surface area contributed by atoms with Crippen molar-refractivity contribution in [1.29, 1.82) is 5.26 Å². The number of nitrogens with one attached hydrogen (secondary N) is 3. The molecule has 0 saturated heterocycles. The SMILES string of the molecule is N#Cc1c(-c2cccs2)nc(NC(=O)/C(=N/N)NN)[nH]c1=O. The highest BCUT2D eigenvalue weighted by Gasteiger charge is 2.17. The van der Waals surface area contributed by atoms with Gasteiger partial charge in [-0.1, -0.05) is 6.07 Å². The van der Waals surface area contributed by atoms with E-state index in [-0.39, 0.29) is 23.0 Å². The maximum atomic E-state index is 11.9. The van der Waals surface area contributed by atoms with E-state index in [2.05, 4.69) is 20.4 Å². The van der Waals surface area contributed by atoms with Crippen LogP contribution in [0.5, 0.6) is 0 Å². The zero-order valence-corrected chi connectivity index (χ0v) is 11.8. The first-order chi connectivity index (χ1) is 10.6. The zero-order chi connectivity index (χ0) is 16.1. The van der Waals surface area contributed by atoms with Crippen molar-refractivity contribution < 1.29 is 4.79 Å². The third-order valence-electron chi connectivity index (χ3n) is 2.50. The number of H-pyrrole nitrogens is 1. The Morgan fingerprint density at radius 1 is 1.55 bits per heavy atom. The molecule has 2 aromatic heterocycles. The van der Waals surface area contributed by atoms with E-state index in [1.165, 1.54) is 11.3 Å². The normalized spacial score (nSPS) is 10.8. The average molecular weight is 318 g/mol. The summed E-state index contributed by atoms with van der Waals surface area (Å²) in [7, 11) is 0. The molecule has 0 radical (unpaired) electrons. The van der Waals surface area contributed by atoms with Gasteiger partial charge < -0.3 is 11.3 Å². The number of aromatic amines is 1. The molecular weight excluding hydrogens is 308 g/mol. The van der Waals surface area contributed by atoms with Crippen LogP contribution in [0.2, 0.25) is 0 Å². The average Bonchev–Trinajstić information content (AvgIpc) is 3.02. The summed E-state index contributed by atoms with van der Waals surface area (Å²) in [5.41, 5.74) is 1.34. The lowest BCUT2D eigenvalue weighted by Crippen LogP contribution is -2.41. The molecule has 0 bridgehead atoms. The summed E-state index contributed by atoms with van der Waals surface area (Å²) in [6, 6.07) is 5.24. The topological polar surface area (TPSA) is 175 Å². The molecular formula is C11H10N8O2S. The van der Waals surface area contributed by atoms with Gasteiger partial charge in [-0.05, 0) is 11.4 Å². The standard InChI is InChI=1S/C11H10N8O2S/c12-4-5-7(6-2-1-3-22-6)15-11(16-9(5)20)17-10(21)8(18-13)19-14/h1-3H,13-14H2,(H,18,19)(H2,15,16,17,20,21). The Labute approximate surface area is 127 Å². The maximum Gasteiger partial charge on any atom is 0.296 e. The lowest BCUT2D eigenvalue weighted by atomic mass is 10.2. The molecule has 0 aromatic carbocycles. The fourth-order valence-electron chi connectivity index (χ4n) is 1.56. The van der Waals surface area contributed by atoms with Crippen LogP contribution in [0.4, 0.5) is 5.95 Å². The summed E-state index contributed by atoms with van der Waals surface area (Å²) in [4.78, 5) is 30.6. The van der Waals surface area contributed by atoms with Gasteiger partial charge in [-0.2, -0.15) is 10.4 Å². The van der Waals surface area contributed by atoms with Crippen LogP contribution in [0.1, 0.15) is 5.56 Å². The number of hydrazine groups is 1. The van der Waals surface area contributed by atoms with E-state index in [4.69, 9.17) is 16.9 Å². The molecule has 2 rings (SSSR count). The second-order valence-corrected chi connectivity index (χ2v) is 4.75. The van der Waals surface area contributed by atoms with Crippen LogP contribution >= 0.6 is 11.3 Å². The fraction of sp³-hybridized carbons (Fsp3) is 0. The molecule has 2 aromatic rings. The molecule has 11 heteroatoms. The van der Waals surface area contributed by atoms with E-state index < -0.39 is 11.5 Å². The van der Waals surface area contributed by atoms with E-state index in [1.54, 1.807) is 23.6 Å². The highest BCUT2D eigenvalue weighted by Crippen LogP contribution is 2.24. The second kappa shape index (κ2) is 6.48. The van der Waals surface area contributed by atoms with Gasteiger partial charge >= 0.3 is 0 Å². The van der Waals surface area contributed by atoms with Crippen molar-refractivity contribution in [2.24, 2.45) is 16.8 Å². The summed E-state index contributed by atoms with van der Waals surface area (Å²) in [6.45, 7) is 0. The first-order valence-corrected chi connectivity index (χ1v) is 6.62. The number of anilines is 1. The molecule has 0 fully saturated rings. The van der Waals surface area contributed by atoms with E-state index in [9.17, 15) is 9.59 Å². The Bertz CT molecular complexity index is 818. The second-order valence-electron chi connectivity index (χ2n) is 3.80. The van der Waals surface area contributed by atoms with Crippen molar-refractivity contribution in [2.45, 2.75) is 0 Å². The fourth-order valence-corrected chi connectivity index (χ4v) is 2.28.